The summed E-state index contributed by atoms with van der Waals surface area (Å²) in [5.41, 5.74) is 8.29. The molecule has 2 N–H and O–H groups in total. The van der Waals surface area contributed by atoms with E-state index in [9.17, 15) is 0 Å². The van der Waals surface area contributed by atoms with Gasteiger partial charge in [-0.25, -0.2) is 0 Å². The van der Waals surface area contributed by atoms with Gasteiger partial charge in [-0.05, 0) is 36.6 Å². The average Bonchev–Trinajstić information content (AvgIpc) is 2.63. The van der Waals surface area contributed by atoms with Crippen molar-refractivity contribution in [1.29, 1.82) is 0 Å². The molecule has 2 rings (SSSR count). The molecular formula is C13H16BrN3. The summed E-state index contributed by atoms with van der Waals surface area (Å²) in [6.07, 6.45) is 4.65. The molecule has 1 aromatic carbocycles. The Bertz CT molecular complexity index is 500. The molecule has 1 heterocycles. The minimum absolute atomic E-state index is 0.371. The molecule has 0 aliphatic heterocycles. The Morgan fingerprint density at radius 2 is 2.00 bits per heavy atom. The lowest BCUT2D eigenvalue weighted by Crippen LogP contribution is -2.35. The van der Waals surface area contributed by atoms with Crippen LogP contribution in [0.2, 0.25) is 0 Å². The van der Waals surface area contributed by atoms with E-state index in [0.29, 0.717) is 0 Å². The molecule has 17 heavy (non-hydrogen) atoms. The molecule has 0 aliphatic rings. The van der Waals surface area contributed by atoms with Gasteiger partial charge in [0.1, 0.15) is 0 Å². The maximum atomic E-state index is 6.38. The van der Waals surface area contributed by atoms with Crippen LogP contribution >= 0.6 is 15.9 Å². The highest BCUT2D eigenvalue weighted by atomic mass is 79.9. The third-order valence-electron chi connectivity index (χ3n) is 2.83. The van der Waals surface area contributed by atoms with Gasteiger partial charge in [-0.2, -0.15) is 5.10 Å². The number of nitrogens with two attached hydrogens (primary N) is 1. The first-order chi connectivity index (χ1) is 7.97. The third kappa shape index (κ3) is 2.96. The van der Waals surface area contributed by atoms with Crippen molar-refractivity contribution in [3.63, 3.8) is 0 Å². The molecule has 0 saturated carbocycles. The van der Waals surface area contributed by atoms with E-state index >= 15 is 0 Å². The molecule has 0 fully saturated rings. The van der Waals surface area contributed by atoms with E-state index in [2.05, 4.69) is 33.2 Å². The van der Waals surface area contributed by atoms with Crippen LogP contribution in [0, 0.1) is 0 Å². The van der Waals surface area contributed by atoms with Crippen molar-refractivity contribution in [2.24, 2.45) is 12.8 Å². The summed E-state index contributed by atoms with van der Waals surface area (Å²) in [5, 5.41) is 4.16. The lowest BCUT2D eigenvalue weighted by molar-refractivity contribution is 0.491. The summed E-state index contributed by atoms with van der Waals surface area (Å²) in [6, 6.07) is 8.15. The molecule has 0 bridgehead atoms. The van der Waals surface area contributed by atoms with E-state index in [0.717, 1.165) is 22.0 Å². The van der Waals surface area contributed by atoms with Crippen molar-refractivity contribution in [1.82, 2.24) is 9.78 Å². The minimum atomic E-state index is -0.371. The molecule has 1 aromatic heterocycles. The van der Waals surface area contributed by atoms with E-state index < -0.39 is 0 Å². The van der Waals surface area contributed by atoms with Crippen LogP contribution in [0.4, 0.5) is 0 Å². The highest BCUT2D eigenvalue weighted by Crippen LogP contribution is 2.24. The highest BCUT2D eigenvalue weighted by Gasteiger charge is 2.22. The second-order valence-electron chi connectivity index (χ2n) is 4.62. The minimum Gasteiger partial charge on any atom is -0.321 e. The Morgan fingerprint density at radius 1 is 1.35 bits per heavy atom. The number of halogens is 1. The van der Waals surface area contributed by atoms with Crippen LogP contribution in [0.15, 0.2) is 41.1 Å². The first kappa shape index (κ1) is 12.3. The van der Waals surface area contributed by atoms with E-state index in [1.165, 1.54) is 0 Å². The number of aryl methyl sites for hydroxylation is 1. The Balaban J connectivity index is 2.21. The van der Waals surface area contributed by atoms with Crippen LogP contribution in [0.25, 0.3) is 0 Å². The molecule has 3 nitrogen and oxygen atoms in total. The Kier molecular flexibility index (Phi) is 3.35. The van der Waals surface area contributed by atoms with Gasteiger partial charge in [0, 0.05) is 23.3 Å². The maximum absolute atomic E-state index is 6.38. The van der Waals surface area contributed by atoms with Gasteiger partial charge in [0.05, 0.1) is 6.20 Å². The second-order valence-corrected chi connectivity index (χ2v) is 5.54. The summed E-state index contributed by atoms with van der Waals surface area (Å²) in [7, 11) is 1.91. The quantitative estimate of drug-likeness (QED) is 0.945. The predicted molar refractivity (Wildman–Crippen MR) is 72.6 cm³/mol. The van der Waals surface area contributed by atoms with Crippen LogP contribution in [-0.2, 0) is 19.0 Å². The summed E-state index contributed by atoms with van der Waals surface area (Å²) in [5.74, 6) is 0. The highest BCUT2D eigenvalue weighted by molar-refractivity contribution is 9.10. The number of hydrogen-bond acceptors (Lipinski definition) is 2. The fourth-order valence-electron chi connectivity index (χ4n) is 1.92. The molecule has 0 spiro atoms. The summed E-state index contributed by atoms with van der Waals surface area (Å²) < 4.78 is 2.87. The zero-order valence-corrected chi connectivity index (χ0v) is 11.6. The van der Waals surface area contributed by atoms with Crippen LogP contribution < -0.4 is 5.73 Å². The topological polar surface area (TPSA) is 43.8 Å². The summed E-state index contributed by atoms with van der Waals surface area (Å²) in [4.78, 5) is 0. The van der Waals surface area contributed by atoms with Crippen molar-refractivity contribution in [3.05, 3.63) is 52.3 Å². The molecule has 0 saturated heterocycles. The number of aromatic nitrogens is 2. The van der Waals surface area contributed by atoms with Gasteiger partial charge < -0.3 is 5.73 Å². The summed E-state index contributed by atoms with van der Waals surface area (Å²) >= 11 is 3.43. The molecule has 4 heteroatoms. The van der Waals surface area contributed by atoms with Gasteiger partial charge in [0.25, 0.3) is 0 Å². The molecule has 0 amide bonds. The molecule has 0 radical (unpaired) electrons. The standard InChI is InChI=1S/C13H16BrN3/c1-13(15,7-10-8-16-17(2)9-10)11-3-5-12(14)6-4-11/h3-6,8-9H,7,15H2,1-2H3. The summed E-state index contributed by atoms with van der Waals surface area (Å²) in [6.45, 7) is 2.04. The van der Waals surface area contributed by atoms with Crippen LogP contribution in [0.1, 0.15) is 18.1 Å². The fraction of sp³-hybridized carbons (Fsp3) is 0.308. The Hall–Kier alpha value is -1.13. The van der Waals surface area contributed by atoms with E-state index in [-0.39, 0.29) is 5.54 Å². The first-order valence-electron chi connectivity index (χ1n) is 5.50. The van der Waals surface area contributed by atoms with Gasteiger partial charge in [0.15, 0.2) is 0 Å². The zero-order valence-electron chi connectivity index (χ0n) is 10.0. The Morgan fingerprint density at radius 3 is 2.53 bits per heavy atom. The molecule has 90 valence electrons. The monoisotopic (exact) mass is 293 g/mol. The van der Waals surface area contributed by atoms with Crippen molar-refractivity contribution >= 4 is 15.9 Å². The third-order valence-corrected chi connectivity index (χ3v) is 3.36. The van der Waals surface area contributed by atoms with E-state index in [1.54, 1.807) is 4.68 Å². The number of benzene rings is 1. The molecule has 2 aromatic rings. The van der Waals surface area contributed by atoms with Crippen LogP contribution in [0.3, 0.4) is 0 Å². The average molecular weight is 294 g/mol. The van der Waals surface area contributed by atoms with Gasteiger partial charge in [-0.3, -0.25) is 4.68 Å². The van der Waals surface area contributed by atoms with Crippen molar-refractivity contribution in [2.45, 2.75) is 18.9 Å². The molecule has 1 unspecified atom stereocenters. The van der Waals surface area contributed by atoms with Crippen LogP contribution in [0.5, 0.6) is 0 Å². The molecular weight excluding hydrogens is 278 g/mol. The smallest absolute Gasteiger partial charge is 0.0522 e. The second kappa shape index (κ2) is 4.63. The lowest BCUT2D eigenvalue weighted by atomic mass is 9.88. The maximum Gasteiger partial charge on any atom is 0.0522 e. The van der Waals surface area contributed by atoms with Gasteiger partial charge in [-0.1, -0.05) is 28.1 Å². The largest absolute Gasteiger partial charge is 0.321 e. The van der Waals surface area contributed by atoms with E-state index in [1.807, 2.05) is 38.5 Å². The normalized spacial score (nSPS) is 14.6. The number of rotatable bonds is 3. The number of nitrogens with zero attached hydrogens (tertiary/aromatic N) is 2. The molecule has 0 aliphatic carbocycles. The zero-order chi connectivity index (χ0) is 12.5. The van der Waals surface area contributed by atoms with Gasteiger partial charge in [-0.15, -0.1) is 0 Å². The Labute approximate surface area is 110 Å². The fourth-order valence-corrected chi connectivity index (χ4v) is 2.18. The van der Waals surface area contributed by atoms with Gasteiger partial charge in [0.2, 0.25) is 0 Å². The lowest BCUT2D eigenvalue weighted by Gasteiger charge is -2.24. The van der Waals surface area contributed by atoms with E-state index in [4.69, 9.17) is 5.73 Å². The SMILES string of the molecule is Cn1cc(CC(C)(N)c2ccc(Br)cc2)cn1. The van der Waals surface area contributed by atoms with Crippen LogP contribution in [-0.4, -0.2) is 9.78 Å². The predicted octanol–water partition coefficient (Wildman–Crippen LogP) is 2.60. The van der Waals surface area contributed by atoms with Crippen molar-refractivity contribution in [2.75, 3.05) is 0 Å². The first-order valence-corrected chi connectivity index (χ1v) is 6.29. The van der Waals surface area contributed by atoms with Crippen molar-refractivity contribution < 1.29 is 0 Å². The van der Waals surface area contributed by atoms with Gasteiger partial charge >= 0.3 is 0 Å². The molecule has 1 atom stereocenters. The number of hydrogen-bond donors (Lipinski definition) is 1. The van der Waals surface area contributed by atoms with Crippen molar-refractivity contribution in [3.8, 4) is 0 Å².